The number of nitro groups is 2. The Labute approximate surface area is 150 Å². The molecule has 2 rings (SSSR count). The first kappa shape index (κ1) is 21.0. The third kappa shape index (κ3) is 6.46. The third-order valence-corrected chi connectivity index (χ3v) is 3.45. The Kier molecular flexibility index (Phi) is 8.68. The lowest BCUT2D eigenvalue weighted by Crippen LogP contribution is -2.29. The summed E-state index contributed by atoms with van der Waals surface area (Å²) in [5.74, 6) is 0. The van der Waals surface area contributed by atoms with E-state index in [0.717, 1.165) is 5.69 Å². The van der Waals surface area contributed by atoms with Gasteiger partial charge in [-0.05, 0) is 19.1 Å². The molecule has 9 nitrogen and oxygen atoms in total. The highest BCUT2D eigenvalue weighted by Crippen LogP contribution is 2.23. The van der Waals surface area contributed by atoms with Gasteiger partial charge in [-0.15, -0.1) is 0 Å². The molecule has 140 valence electrons. The van der Waals surface area contributed by atoms with Crippen molar-refractivity contribution in [3.63, 3.8) is 0 Å². The SMILES string of the molecule is Cc1cc(N(CCO)CCO)ccc1[N+](=O)[O-].O=[N+]([O-])c1ccccc1. The van der Waals surface area contributed by atoms with Gasteiger partial charge in [0.15, 0.2) is 0 Å². The first-order chi connectivity index (χ1) is 12.4. The highest BCUT2D eigenvalue weighted by atomic mass is 16.6. The number of anilines is 1. The smallest absolute Gasteiger partial charge is 0.272 e. The molecule has 0 aliphatic carbocycles. The summed E-state index contributed by atoms with van der Waals surface area (Å²) in [7, 11) is 0. The molecular weight excluding hydrogens is 342 g/mol. The fourth-order valence-electron chi connectivity index (χ4n) is 2.20. The van der Waals surface area contributed by atoms with E-state index in [1.165, 1.54) is 18.2 Å². The van der Waals surface area contributed by atoms with Crippen LogP contribution in [-0.2, 0) is 0 Å². The number of aliphatic hydroxyl groups excluding tert-OH is 2. The fraction of sp³-hybridized carbons (Fsp3) is 0.294. The molecule has 0 unspecified atom stereocenters. The maximum absolute atomic E-state index is 10.7. The summed E-state index contributed by atoms with van der Waals surface area (Å²) < 4.78 is 0. The van der Waals surface area contributed by atoms with E-state index >= 15 is 0 Å². The predicted octanol–water partition coefficient (Wildman–Crippen LogP) is 2.29. The summed E-state index contributed by atoms with van der Waals surface area (Å²) in [4.78, 5) is 21.6. The Bertz CT molecular complexity index is 718. The number of hydrogen-bond acceptors (Lipinski definition) is 7. The van der Waals surface area contributed by atoms with Gasteiger partial charge in [0.1, 0.15) is 0 Å². The summed E-state index contributed by atoms with van der Waals surface area (Å²) in [6.07, 6.45) is 0. The molecule has 26 heavy (non-hydrogen) atoms. The number of para-hydroxylation sites is 1. The number of aryl methyl sites for hydroxylation is 1. The highest BCUT2D eigenvalue weighted by molar-refractivity contribution is 5.55. The Morgan fingerprint density at radius 2 is 1.50 bits per heavy atom. The Hall–Kier alpha value is -3.04. The van der Waals surface area contributed by atoms with Crippen molar-refractivity contribution >= 4 is 17.1 Å². The van der Waals surface area contributed by atoms with E-state index in [0.29, 0.717) is 18.7 Å². The number of hydrogen-bond donors (Lipinski definition) is 2. The third-order valence-electron chi connectivity index (χ3n) is 3.45. The average molecular weight is 363 g/mol. The molecule has 9 heteroatoms. The van der Waals surface area contributed by atoms with E-state index in [9.17, 15) is 20.2 Å². The highest BCUT2D eigenvalue weighted by Gasteiger charge is 2.13. The second-order valence-electron chi connectivity index (χ2n) is 5.25. The van der Waals surface area contributed by atoms with Crippen LogP contribution in [0.15, 0.2) is 48.5 Å². The second kappa shape index (κ2) is 10.7. The number of non-ortho nitro benzene ring substituents is 1. The van der Waals surface area contributed by atoms with Crippen molar-refractivity contribution < 1.29 is 20.1 Å². The van der Waals surface area contributed by atoms with Crippen LogP contribution in [0.5, 0.6) is 0 Å². The summed E-state index contributed by atoms with van der Waals surface area (Å²) >= 11 is 0. The zero-order chi connectivity index (χ0) is 19.5. The van der Waals surface area contributed by atoms with E-state index < -0.39 is 9.85 Å². The molecule has 0 amide bonds. The molecule has 0 heterocycles. The molecule has 0 spiro atoms. The molecule has 0 radical (unpaired) electrons. The lowest BCUT2D eigenvalue weighted by atomic mass is 10.1. The molecule has 0 atom stereocenters. The summed E-state index contributed by atoms with van der Waals surface area (Å²) in [6.45, 7) is 2.37. The van der Waals surface area contributed by atoms with E-state index in [1.54, 1.807) is 42.2 Å². The minimum Gasteiger partial charge on any atom is -0.395 e. The van der Waals surface area contributed by atoms with Crippen LogP contribution in [0, 0.1) is 27.2 Å². The van der Waals surface area contributed by atoms with Gasteiger partial charge in [0.2, 0.25) is 0 Å². The predicted molar refractivity (Wildman–Crippen MR) is 97.3 cm³/mol. The molecular formula is C17H21N3O6. The van der Waals surface area contributed by atoms with Crippen LogP contribution >= 0.6 is 0 Å². The minimum absolute atomic E-state index is 0.0317. The number of nitro benzene ring substituents is 2. The first-order valence-corrected chi connectivity index (χ1v) is 7.81. The van der Waals surface area contributed by atoms with Gasteiger partial charge >= 0.3 is 0 Å². The average Bonchev–Trinajstić information content (AvgIpc) is 2.62. The number of benzene rings is 2. The van der Waals surface area contributed by atoms with Gasteiger partial charge in [-0.1, -0.05) is 18.2 Å². The van der Waals surface area contributed by atoms with E-state index in [-0.39, 0.29) is 24.6 Å². The van der Waals surface area contributed by atoms with Gasteiger partial charge < -0.3 is 15.1 Å². The topological polar surface area (TPSA) is 130 Å². The van der Waals surface area contributed by atoms with Crippen LogP contribution in [0.2, 0.25) is 0 Å². The summed E-state index contributed by atoms with van der Waals surface area (Å²) in [5, 5.41) is 38.5. The maximum Gasteiger partial charge on any atom is 0.272 e. The molecule has 2 aromatic carbocycles. The Morgan fingerprint density at radius 1 is 0.923 bits per heavy atom. The van der Waals surface area contributed by atoms with E-state index in [2.05, 4.69) is 0 Å². The summed E-state index contributed by atoms with van der Waals surface area (Å²) in [5.41, 5.74) is 1.53. The van der Waals surface area contributed by atoms with Crippen molar-refractivity contribution in [2.75, 3.05) is 31.2 Å². The minimum atomic E-state index is -0.429. The number of aliphatic hydroxyl groups is 2. The van der Waals surface area contributed by atoms with Gasteiger partial charge in [0.05, 0.1) is 23.1 Å². The monoisotopic (exact) mass is 363 g/mol. The van der Waals surface area contributed by atoms with Crippen LogP contribution in [0.1, 0.15) is 5.56 Å². The van der Waals surface area contributed by atoms with Crippen molar-refractivity contribution in [2.24, 2.45) is 0 Å². The Balaban J connectivity index is 0.000000314. The van der Waals surface area contributed by atoms with Gasteiger partial charge in [0.25, 0.3) is 11.4 Å². The zero-order valence-corrected chi connectivity index (χ0v) is 14.3. The van der Waals surface area contributed by atoms with Crippen molar-refractivity contribution in [1.82, 2.24) is 0 Å². The molecule has 2 aromatic rings. The number of nitrogens with zero attached hydrogens (tertiary/aromatic N) is 3. The largest absolute Gasteiger partial charge is 0.395 e. The molecule has 0 saturated heterocycles. The molecule has 0 fully saturated rings. The second-order valence-corrected chi connectivity index (χ2v) is 5.25. The molecule has 0 saturated carbocycles. The maximum atomic E-state index is 10.7. The standard InChI is InChI=1S/C11H16N2O4.C6H5NO2/c1-9-8-10(2-3-11(9)13(16)17)12(4-6-14)5-7-15;8-7(9)6-4-2-1-3-5-6/h2-3,8,14-15H,4-7H2,1H3;1-5H. The van der Waals surface area contributed by atoms with Crippen molar-refractivity contribution in [3.05, 3.63) is 74.3 Å². The molecule has 2 N–H and O–H groups in total. The summed E-state index contributed by atoms with van der Waals surface area (Å²) in [6, 6.07) is 12.7. The normalized spacial score (nSPS) is 9.81. The molecule has 0 aromatic heterocycles. The van der Waals surface area contributed by atoms with Crippen LogP contribution in [0.4, 0.5) is 17.1 Å². The van der Waals surface area contributed by atoms with Crippen molar-refractivity contribution in [1.29, 1.82) is 0 Å². The van der Waals surface area contributed by atoms with Crippen LogP contribution < -0.4 is 4.90 Å². The lowest BCUT2D eigenvalue weighted by Gasteiger charge is -2.23. The van der Waals surface area contributed by atoms with Crippen LogP contribution in [-0.4, -0.2) is 46.4 Å². The Morgan fingerprint density at radius 3 is 1.88 bits per heavy atom. The number of rotatable bonds is 7. The van der Waals surface area contributed by atoms with Crippen LogP contribution in [0.3, 0.4) is 0 Å². The molecule has 0 bridgehead atoms. The van der Waals surface area contributed by atoms with E-state index in [1.807, 2.05) is 0 Å². The zero-order valence-electron chi connectivity index (χ0n) is 14.3. The van der Waals surface area contributed by atoms with Crippen molar-refractivity contribution in [2.45, 2.75) is 6.92 Å². The van der Waals surface area contributed by atoms with Crippen molar-refractivity contribution in [3.8, 4) is 0 Å². The van der Waals surface area contributed by atoms with Gasteiger partial charge in [0, 0.05) is 42.5 Å². The first-order valence-electron chi connectivity index (χ1n) is 7.81. The van der Waals surface area contributed by atoms with Crippen LogP contribution in [0.25, 0.3) is 0 Å². The molecule has 0 aliphatic heterocycles. The van der Waals surface area contributed by atoms with Gasteiger partial charge in [-0.25, -0.2) is 0 Å². The molecule has 0 aliphatic rings. The van der Waals surface area contributed by atoms with E-state index in [4.69, 9.17) is 10.2 Å². The van der Waals surface area contributed by atoms with Gasteiger partial charge in [-0.3, -0.25) is 20.2 Å². The fourth-order valence-corrected chi connectivity index (χ4v) is 2.20. The lowest BCUT2D eigenvalue weighted by molar-refractivity contribution is -0.385. The quantitative estimate of drug-likeness (QED) is 0.570. The van der Waals surface area contributed by atoms with Gasteiger partial charge in [-0.2, -0.15) is 0 Å².